The molecule has 6 heteroatoms. The molecule has 0 atom stereocenters. The third kappa shape index (κ3) is 3.51. The SMILES string of the molecule is O=C(Nc1ccccn1)c1cc(Cc2ccc(Cl)cc2)[nH]n1. The highest BCUT2D eigenvalue weighted by atomic mass is 35.5. The molecule has 0 bridgehead atoms. The number of hydrogen-bond donors (Lipinski definition) is 2. The van der Waals surface area contributed by atoms with Gasteiger partial charge in [-0.2, -0.15) is 5.10 Å². The number of carbonyl (C=O) groups is 1. The summed E-state index contributed by atoms with van der Waals surface area (Å²) in [5.74, 6) is 0.201. The number of nitrogens with zero attached hydrogens (tertiary/aromatic N) is 2. The summed E-state index contributed by atoms with van der Waals surface area (Å²) in [4.78, 5) is 16.1. The van der Waals surface area contributed by atoms with E-state index in [1.165, 1.54) is 0 Å². The molecule has 2 aromatic heterocycles. The van der Waals surface area contributed by atoms with Crippen LogP contribution in [0.15, 0.2) is 54.7 Å². The fourth-order valence-corrected chi connectivity index (χ4v) is 2.13. The summed E-state index contributed by atoms with van der Waals surface area (Å²) in [5.41, 5.74) is 2.27. The number of hydrogen-bond acceptors (Lipinski definition) is 3. The molecule has 0 fully saturated rings. The van der Waals surface area contributed by atoms with Gasteiger partial charge in [0, 0.05) is 23.3 Å². The number of aromatic amines is 1. The molecule has 110 valence electrons. The molecule has 1 aromatic carbocycles. The van der Waals surface area contributed by atoms with Crippen LogP contribution in [-0.4, -0.2) is 21.1 Å². The van der Waals surface area contributed by atoms with Crippen molar-refractivity contribution in [2.75, 3.05) is 5.32 Å². The predicted octanol–water partition coefficient (Wildman–Crippen LogP) is 3.30. The van der Waals surface area contributed by atoms with Crippen LogP contribution in [0.1, 0.15) is 21.7 Å². The Morgan fingerprint density at radius 1 is 1.18 bits per heavy atom. The Kier molecular flexibility index (Phi) is 4.16. The molecule has 1 amide bonds. The second-order valence-electron chi connectivity index (χ2n) is 4.75. The molecular formula is C16H13ClN4O. The molecule has 3 aromatic rings. The summed E-state index contributed by atoms with van der Waals surface area (Å²) in [5, 5.41) is 10.3. The van der Waals surface area contributed by atoms with Gasteiger partial charge in [0.05, 0.1) is 0 Å². The number of anilines is 1. The van der Waals surface area contributed by atoms with E-state index in [0.717, 1.165) is 11.3 Å². The Labute approximate surface area is 132 Å². The molecule has 0 aliphatic heterocycles. The summed E-state index contributed by atoms with van der Waals surface area (Å²) in [6.07, 6.45) is 2.27. The van der Waals surface area contributed by atoms with E-state index < -0.39 is 0 Å². The van der Waals surface area contributed by atoms with E-state index in [-0.39, 0.29) is 5.91 Å². The quantitative estimate of drug-likeness (QED) is 0.776. The second-order valence-corrected chi connectivity index (χ2v) is 5.19. The van der Waals surface area contributed by atoms with Crippen molar-refractivity contribution in [3.63, 3.8) is 0 Å². The summed E-state index contributed by atoms with van der Waals surface area (Å²) >= 11 is 5.86. The topological polar surface area (TPSA) is 70.7 Å². The predicted molar refractivity (Wildman–Crippen MR) is 85.0 cm³/mol. The molecule has 2 N–H and O–H groups in total. The molecule has 0 aliphatic rings. The number of halogens is 1. The molecule has 0 saturated heterocycles. The number of rotatable bonds is 4. The zero-order valence-corrected chi connectivity index (χ0v) is 12.3. The maximum absolute atomic E-state index is 12.1. The van der Waals surface area contributed by atoms with Crippen LogP contribution in [-0.2, 0) is 6.42 Å². The standard InChI is InChI=1S/C16H13ClN4O/c17-12-6-4-11(5-7-12)9-13-10-14(21-20-13)16(22)19-15-3-1-2-8-18-15/h1-8,10H,9H2,(H,20,21)(H,18,19,22). The van der Waals surface area contributed by atoms with Crippen LogP contribution in [0, 0.1) is 0 Å². The zero-order valence-electron chi connectivity index (χ0n) is 11.6. The number of pyridine rings is 1. The third-order valence-corrected chi connectivity index (χ3v) is 3.33. The van der Waals surface area contributed by atoms with E-state index in [2.05, 4.69) is 20.5 Å². The Hall–Kier alpha value is -2.66. The van der Waals surface area contributed by atoms with Crippen molar-refractivity contribution in [1.82, 2.24) is 15.2 Å². The van der Waals surface area contributed by atoms with Gasteiger partial charge in [0.1, 0.15) is 5.82 Å². The first-order valence-electron chi connectivity index (χ1n) is 6.72. The normalized spacial score (nSPS) is 10.4. The third-order valence-electron chi connectivity index (χ3n) is 3.08. The van der Waals surface area contributed by atoms with Crippen molar-refractivity contribution in [2.45, 2.75) is 6.42 Å². The van der Waals surface area contributed by atoms with Gasteiger partial charge in [0.2, 0.25) is 0 Å². The minimum Gasteiger partial charge on any atom is -0.305 e. The molecule has 0 radical (unpaired) electrons. The molecule has 0 spiro atoms. The Morgan fingerprint density at radius 3 is 2.73 bits per heavy atom. The van der Waals surface area contributed by atoms with Crippen LogP contribution in [0.3, 0.4) is 0 Å². The van der Waals surface area contributed by atoms with Gasteiger partial charge >= 0.3 is 0 Å². The Morgan fingerprint density at radius 2 is 2.00 bits per heavy atom. The van der Waals surface area contributed by atoms with E-state index in [9.17, 15) is 4.79 Å². The Balaban J connectivity index is 1.68. The largest absolute Gasteiger partial charge is 0.305 e. The first-order chi connectivity index (χ1) is 10.7. The summed E-state index contributed by atoms with van der Waals surface area (Å²) in [7, 11) is 0. The fourth-order valence-electron chi connectivity index (χ4n) is 2.01. The molecule has 0 unspecified atom stereocenters. The highest BCUT2D eigenvalue weighted by Crippen LogP contribution is 2.13. The van der Waals surface area contributed by atoms with Crippen molar-refractivity contribution in [3.05, 3.63) is 76.7 Å². The van der Waals surface area contributed by atoms with Crippen LogP contribution < -0.4 is 5.32 Å². The lowest BCUT2D eigenvalue weighted by atomic mass is 10.1. The van der Waals surface area contributed by atoms with Gasteiger partial charge < -0.3 is 5.32 Å². The van der Waals surface area contributed by atoms with E-state index >= 15 is 0 Å². The number of nitrogens with one attached hydrogen (secondary N) is 2. The number of aromatic nitrogens is 3. The first-order valence-corrected chi connectivity index (χ1v) is 7.09. The minimum atomic E-state index is -0.294. The fraction of sp³-hybridized carbons (Fsp3) is 0.0625. The summed E-state index contributed by atoms with van der Waals surface area (Å²) in [6.45, 7) is 0. The van der Waals surface area contributed by atoms with Crippen molar-refractivity contribution in [2.24, 2.45) is 0 Å². The number of H-pyrrole nitrogens is 1. The van der Waals surface area contributed by atoms with Gasteiger partial charge in [-0.3, -0.25) is 9.89 Å². The van der Waals surface area contributed by atoms with Gasteiger partial charge in [-0.1, -0.05) is 29.8 Å². The molecule has 5 nitrogen and oxygen atoms in total. The summed E-state index contributed by atoms with van der Waals surface area (Å²) < 4.78 is 0. The molecular weight excluding hydrogens is 300 g/mol. The van der Waals surface area contributed by atoms with E-state index in [0.29, 0.717) is 23.0 Å². The molecule has 22 heavy (non-hydrogen) atoms. The van der Waals surface area contributed by atoms with E-state index in [4.69, 9.17) is 11.6 Å². The van der Waals surface area contributed by atoms with Crippen LogP contribution in [0.2, 0.25) is 5.02 Å². The average molecular weight is 313 g/mol. The molecule has 2 heterocycles. The minimum absolute atomic E-state index is 0.294. The lowest BCUT2D eigenvalue weighted by Crippen LogP contribution is -2.13. The van der Waals surface area contributed by atoms with Crippen LogP contribution in [0.25, 0.3) is 0 Å². The van der Waals surface area contributed by atoms with Crippen molar-refractivity contribution in [1.29, 1.82) is 0 Å². The average Bonchev–Trinajstić information content (AvgIpc) is 2.99. The molecule has 3 rings (SSSR count). The first kappa shape index (κ1) is 14.3. The van der Waals surface area contributed by atoms with Gasteiger partial charge in [-0.15, -0.1) is 0 Å². The smallest absolute Gasteiger partial charge is 0.277 e. The van der Waals surface area contributed by atoms with Crippen LogP contribution >= 0.6 is 11.6 Å². The van der Waals surface area contributed by atoms with Crippen LogP contribution in [0.5, 0.6) is 0 Å². The van der Waals surface area contributed by atoms with Gasteiger partial charge in [0.15, 0.2) is 5.69 Å². The highest BCUT2D eigenvalue weighted by Gasteiger charge is 2.11. The maximum atomic E-state index is 12.1. The van der Waals surface area contributed by atoms with Gasteiger partial charge in [0.25, 0.3) is 5.91 Å². The van der Waals surface area contributed by atoms with Gasteiger partial charge in [-0.25, -0.2) is 4.98 Å². The highest BCUT2D eigenvalue weighted by molar-refractivity contribution is 6.30. The van der Waals surface area contributed by atoms with Crippen molar-refractivity contribution in [3.8, 4) is 0 Å². The Bertz CT molecular complexity index is 768. The number of benzene rings is 1. The van der Waals surface area contributed by atoms with E-state index in [1.807, 2.05) is 24.3 Å². The van der Waals surface area contributed by atoms with E-state index in [1.54, 1.807) is 30.5 Å². The lowest BCUT2D eigenvalue weighted by molar-refractivity contribution is 0.102. The zero-order chi connectivity index (χ0) is 15.4. The van der Waals surface area contributed by atoms with Crippen molar-refractivity contribution >= 4 is 23.3 Å². The summed E-state index contributed by atoms with van der Waals surface area (Å²) in [6, 6.07) is 14.6. The molecule has 0 saturated carbocycles. The van der Waals surface area contributed by atoms with Crippen molar-refractivity contribution < 1.29 is 4.79 Å². The number of carbonyl (C=O) groups excluding carboxylic acids is 1. The molecule has 0 aliphatic carbocycles. The van der Waals surface area contributed by atoms with Crippen LogP contribution in [0.4, 0.5) is 5.82 Å². The second kappa shape index (κ2) is 6.41. The number of amides is 1. The monoisotopic (exact) mass is 312 g/mol. The maximum Gasteiger partial charge on any atom is 0.277 e. The van der Waals surface area contributed by atoms with Gasteiger partial charge in [-0.05, 0) is 35.9 Å². The lowest BCUT2D eigenvalue weighted by Gasteiger charge is -2.00.